The van der Waals surface area contributed by atoms with Crippen LogP contribution in [0.2, 0.25) is 0 Å². The van der Waals surface area contributed by atoms with Gasteiger partial charge in [-0.3, -0.25) is 19.4 Å². The highest BCUT2D eigenvalue weighted by atomic mass is 16.5. The van der Waals surface area contributed by atoms with Crippen molar-refractivity contribution in [2.45, 2.75) is 45.1 Å². The second-order valence-corrected chi connectivity index (χ2v) is 8.70. The third-order valence-corrected chi connectivity index (χ3v) is 5.88. The van der Waals surface area contributed by atoms with E-state index in [0.29, 0.717) is 24.3 Å². The highest BCUT2D eigenvalue weighted by Crippen LogP contribution is 2.24. The van der Waals surface area contributed by atoms with Gasteiger partial charge >= 0.3 is 0 Å². The normalized spacial score (nSPS) is 22.3. The van der Waals surface area contributed by atoms with Gasteiger partial charge in [-0.05, 0) is 43.7 Å². The Balaban J connectivity index is 1.36. The number of hydrazone groups is 1. The molecule has 2 aromatic rings. The van der Waals surface area contributed by atoms with E-state index in [-0.39, 0.29) is 42.7 Å². The summed E-state index contributed by atoms with van der Waals surface area (Å²) >= 11 is 0. The lowest BCUT2D eigenvalue weighted by Crippen LogP contribution is -2.48. The number of ether oxygens (including phenoxy) is 1. The van der Waals surface area contributed by atoms with E-state index in [1.54, 1.807) is 24.3 Å². The highest BCUT2D eigenvalue weighted by Gasteiger charge is 2.34. The molecule has 3 N–H and O–H groups in total. The minimum absolute atomic E-state index is 0.00710. The van der Waals surface area contributed by atoms with E-state index >= 15 is 0 Å². The van der Waals surface area contributed by atoms with Gasteiger partial charge in [-0.1, -0.05) is 30.3 Å². The standard InChI is InChI=1S/C25H29N5O4/c1-16-14-29(15-17(2)34-16)25(33)19-10-8-18(9-11-19)13-27-24(32)21-12-22(23(26)31)30(28-21)20-6-4-3-5-7-20/h3-11,16-17,22H,12-15H2,1-2H3,(H2,26,31)(H,27,32). The van der Waals surface area contributed by atoms with Crippen LogP contribution >= 0.6 is 0 Å². The Morgan fingerprint density at radius 2 is 1.68 bits per heavy atom. The predicted octanol–water partition coefficient (Wildman–Crippen LogP) is 1.67. The Kier molecular flexibility index (Phi) is 6.93. The summed E-state index contributed by atoms with van der Waals surface area (Å²) in [5.74, 6) is -0.933. The molecule has 3 atom stereocenters. The van der Waals surface area contributed by atoms with Gasteiger partial charge < -0.3 is 20.7 Å². The lowest BCUT2D eigenvalue weighted by atomic mass is 10.1. The van der Waals surface area contributed by atoms with Crippen LogP contribution in [-0.4, -0.2) is 59.7 Å². The molecule has 3 unspecified atom stereocenters. The first-order valence-corrected chi connectivity index (χ1v) is 11.3. The summed E-state index contributed by atoms with van der Waals surface area (Å²) in [5.41, 5.74) is 7.92. The van der Waals surface area contributed by atoms with Crippen LogP contribution in [0.3, 0.4) is 0 Å². The minimum Gasteiger partial charge on any atom is -0.372 e. The van der Waals surface area contributed by atoms with Crippen LogP contribution in [0.1, 0.15) is 36.2 Å². The molecule has 1 fully saturated rings. The van der Waals surface area contributed by atoms with Crippen LogP contribution in [0.25, 0.3) is 0 Å². The number of primary amides is 1. The molecule has 4 rings (SSSR count). The summed E-state index contributed by atoms with van der Waals surface area (Å²) in [5, 5.41) is 8.68. The number of rotatable bonds is 6. The number of hydrogen-bond donors (Lipinski definition) is 2. The molecular formula is C25H29N5O4. The number of nitrogens with one attached hydrogen (secondary N) is 1. The van der Waals surface area contributed by atoms with E-state index in [9.17, 15) is 14.4 Å². The fraction of sp³-hybridized carbons (Fsp3) is 0.360. The van der Waals surface area contributed by atoms with E-state index in [1.165, 1.54) is 5.01 Å². The van der Waals surface area contributed by atoms with Gasteiger partial charge in [0.2, 0.25) is 5.91 Å². The lowest BCUT2D eigenvalue weighted by molar-refractivity contribution is -0.119. The number of para-hydroxylation sites is 1. The average Bonchev–Trinajstić information content (AvgIpc) is 3.28. The molecule has 0 aliphatic carbocycles. The van der Waals surface area contributed by atoms with Crippen molar-refractivity contribution in [1.29, 1.82) is 0 Å². The Morgan fingerprint density at radius 1 is 1.03 bits per heavy atom. The number of hydrogen-bond acceptors (Lipinski definition) is 6. The molecular weight excluding hydrogens is 434 g/mol. The van der Waals surface area contributed by atoms with E-state index in [4.69, 9.17) is 10.5 Å². The molecule has 34 heavy (non-hydrogen) atoms. The van der Waals surface area contributed by atoms with Gasteiger partial charge in [0.1, 0.15) is 11.8 Å². The smallest absolute Gasteiger partial charge is 0.267 e. The first-order chi connectivity index (χ1) is 16.3. The number of carbonyl (C=O) groups excluding carboxylic acids is 3. The summed E-state index contributed by atoms with van der Waals surface area (Å²) in [6, 6.07) is 15.6. The van der Waals surface area contributed by atoms with Crippen molar-refractivity contribution in [2.24, 2.45) is 10.8 Å². The predicted molar refractivity (Wildman–Crippen MR) is 128 cm³/mol. The van der Waals surface area contributed by atoms with Gasteiger partial charge in [-0.25, -0.2) is 0 Å². The SMILES string of the molecule is CC1CN(C(=O)c2ccc(CNC(=O)C3=NN(c4ccccc4)C(C(N)=O)C3)cc2)CC(C)O1. The van der Waals surface area contributed by atoms with Crippen molar-refractivity contribution in [1.82, 2.24) is 10.2 Å². The van der Waals surface area contributed by atoms with Crippen LogP contribution in [0, 0.1) is 0 Å². The van der Waals surface area contributed by atoms with Crippen molar-refractivity contribution in [3.05, 3.63) is 65.7 Å². The monoisotopic (exact) mass is 463 g/mol. The van der Waals surface area contributed by atoms with E-state index in [0.717, 1.165) is 5.56 Å². The first-order valence-electron chi connectivity index (χ1n) is 11.3. The zero-order valence-corrected chi connectivity index (χ0v) is 19.3. The Hall–Kier alpha value is -3.72. The van der Waals surface area contributed by atoms with Gasteiger partial charge in [0.05, 0.1) is 17.9 Å². The van der Waals surface area contributed by atoms with Crippen molar-refractivity contribution in [2.75, 3.05) is 18.1 Å². The molecule has 0 saturated carbocycles. The Morgan fingerprint density at radius 3 is 2.29 bits per heavy atom. The molecule has 2 aliphatic rings. The molecule has 0 spiro atoms. The fourth-order valence-electron chi connectivity index (χ4n) is 4.26. The van der Waals surface area contributed by atoms with Gasteiger partial charge in [-0.15, -0.1) is 0 Å². The molecule has 9 heteroatoms. The number of amides is 3. The number of nitrogens with two attached hydrogens (primary N) is 1. The maximum Gasteiger partial charge on any atom is 0.267 e. The molecule has 2 aromatic carbocycles. The van der Waals surface area contributed by atoms with Crippen molar-refractivity contribution >= 4 is 29.1 Å². The molecule has 0 bridgehead atoms. The van der Waals surface area contributed by atoms with Crippen LogP contribution < -0.4 is 16.1 Å². The number of anilines is 1. The second-order valence-electron chi connectivity index (χ2n) is 8.70. The quantitative estimate of drug-likeness (QED) is 0.676. The zero-order chi connectivity index (χ0) is 24.2. The Bertz CT molecular complexity index is 1080. The fourth-order valence-corrected chi connectivity index (χ4v) is 4.26. The minimum atomic E-state index is -0.709. The molecule has 1 saturated heterocycles. The number of morpholine rings is 1. The molecule has 2 aliphatic heterocycles. The van der Waals surface area contributed by atoms with Gasteiger partial charge in [0.15, 0.2) is 0 Å². The van der Waals surface area contributed by atoms with Crippen molar-refractivity contribution in [3.63, 3.8) is 0 Å². The number of benzene rings is 2. The van der Waals surface area contributed by atoms with E-state index in [2.05, 4.69) is 10.4 Å². The topological polar surface area (TPSA) is 117 Å². The molecule has 9 nitrogen and oxygen atoms in total. The summed E-state index contributed by atoms with van der Waals surface area (Å²) in [7, 11) is 0. The molecule has 0 radical (unpaired) electrons. The highest BCUT2D eigenvalue weighted by molar-refractivity contribution is 6.40. The Labute approximate surface area is 198 Å². The molecule has 3 amide bonds. The summed E-state index contributed by atoms with van der Waals surface area (Å²) in [4.78, 5) is 39.2. The zero-order valence-electron chi connectivity index (χ0n) is 19.3. The number of nitrogens with zero attached hydrogens (tertiary/aromatic N) is 3. The summed E-state index contributed by atoms with van der Waals surface area (Å²) in [6.45, 7) is 5.32. The van der Waals surface area contributed by atoms with Gasteiger partial charge in [-0.2, -0.15) is 5.10 Å². The summed E-state index contributed by atoms with van der Waals surface area (Å²) in [6.07, 6.45) is 0.153. The van der Waals surface area contributed by atoms with Gasteiger partial charge in [0, 0.05) is 31.6 Å². The number of carbonyl (C=O) groups is 3. The largest absolute Gasteiger partial charge is 0.372 e. The second kappa shape index (κ2) is 10.0. The average molecular weight is 464 g/mol. The van der Waals surface area contributed by atoms with Crippen LogP contribution in [0.5, 0.6) is 0 Å². The van der Waals surface area contributed by atoms with Gasteiger partial charge in [0.25, 0.3) is 11.8 Å². The van der Waals surface area contributed by atoms with Crippen LogP contribution in [0.15, 0.2) is 59.7 Å². The molecule has 2 heterocycles. The van der Waals surface area contributed by atoms with E-state index in [1.807, 2.05) is 49.1 Å². The maximum absolute atomic E-state index is 12.8. The third-order valence-electron chi connectivity index (χ3n) is 5.88. The maximum atomic E-state index is 12.8. The molecule has 178 valence electrons. The molecule has 0 aromatic heterocycles. The van der Waals surface area contributed by atoms with Crippen LogP contribution in [-0.2, 0) is 20.9 Å². The first kappa shape index (κ1) is 23.4. The van der Waals surface area contributed by atoms with Crippen LogP contribution in [0.4, 0.5) is 5.69 Å². The van der Waals surface area contributed by atoms with Crippen molar-refractivity contribution < 1.29 is 19.1 Å². The third kappa shape index (κ3) is 5.26. The van der Waals surface area contributed by atoms with E-state index < -0.39 is 11.9 Å². The lowest BCUT2D eigenvalue weighted by Gasteiger charge is -2.35. The van der Waals surface area contributed by atoms with Crippen molar-refractivity contribution in [3.8, 4) is 0 Å². The summed E-state index contributed by atoms with van der Waals surface area (Å²) < 4.78 is 5.70.